The average molecular weight is 346 g/mol. The van der Waals surface area contributed by atoms with Gasteiger partial charge in [0.25, 0.3) is 0 Å². The highest BCUT2D eigenvalue weighted by Gasteiger charge is 2.24. The lowest BCUT2D eigenvalue weighted by molar-refractivity contribution is 0.204. The van der Waals surface area contributed by atoms with Gasteiger partial charge in [-0.2, -0.15) is 0 Å². The highest BCUT2D eigenvalue weighted by Crippen LogP contribution is 2.20. The molecule has 5 heteroatoms. The summed E-state index contributed by atoms with van der Waals surface area (Å²) < 4.78 is 0. The maximum Gasteiger partial charge on any atom is 0.191 e. The van der Waals surface area contributed by atoms with Gasteiger partial charge in [0.2, 0.25) is 0 Å². The molecule has 1 aromatic rings. The second-order valence-corrected chi connectivity index (χ2v) is 7.81. The van der Waals surface area contributed by atoms with E-state index in [2.05, 4.69) is 86.5 Å². The Hall–Kier alpha value is -1.75. The van der Waals surface area contributed by atoms with Crippen molar-refractivity contribution in [2.24, 2.45) is 4.99 Å². The monoisotopic (exact) mass is 345 g/mol. The molecule has 0 bridgehead atoms. The molecular formula is C20H35N5. The van der Waals surface area contributed by atoms with E-state index >= 15 is 0 Å². The van der Waals surface area contributed by atoms with E-state index in [4.69, 9.17) is 4.99 Å². The first-order valence-electron chi connectivity index (χ1n) is 9.35. The van der Waals surface area contributed by atoms with E-state index in [-0.39, 0.29) is 5.54 Å². The third kappa shape index (κ3) is 5.63. The molecule has 140 valence electrons. The van der Waals surface area contributed by atoms with Crippen LogP contribution in [0, 0.1) is 6.92 Å². The summed E-state index contributed by atoms with van der Waals surface area (Å²) in [5.41, 5.74) is 2.67. The van der Waals surface area contributed by atoms with Crippen molar-refractivity contribution in [3.63, 3.8) is 0 Å². The maximum atomic E-state index is 4.81. The predicted molar refractivity (Wildman–Crippen MR) is 109 cm³/mol. The molecule has 0 radical (unpaired) electrons. The third-order valence-electron chi connectivity index (χ3n) is 5.11. The smallest absolute Gasteiger partial charge is 0.191 e. The van der Waals surface area contributed by atoms with E-state index in [1.54, 1.807) is 0 Å². The molecule has 1 saturated heterocycles. The number of nitrogens with one attached hydrogen (secondary N) is 2. The number of anilines is 1. The van der Waals surface area contributed by atoms with Gasteiger partial charge in [-0.25, -0.2) is 0 Å². The highest BCUT2D eigenvalue weighted by molar-refractivity contribution is 5.80. The van der Waals surface area contributed by atoms with Crippen molar-refractivity contribution in [2.75, 3.05) is 45.2 Å². The van der Waals surface area contributed by atoms with Crippen LogP contribution in [0.5, 0.6) is 0 Å². The molecule has 2 rings (SSSR count). The van der Waals surface area contributed by atoms with E-state index in [9.17, 15) is 0 Å². The molecule has 25 heavy (non-hydrogen) atoms. The van der Waals surface area contributed by atoms with Crippen LogP contribution < -0.4 is 15.5 Å². The summed E-state index contributed by atoms with van der Waals surface area (Å²) in [6, 6.07) is 9.24. The summed E-state index contributed by atoms with van der Waals surface area (Å²) in [6.07, 6.45) is 1.13. The van der Waals surface area contributed by atoms with Gasteiger partial charge in [-0.1, -0.05) is 17.7 Å². The fourth-order valence-corrected chi connectivity index (χ4v) is 2.80. The second kappa shape index (κ2) is 8.56. The van der Waals surface area contributed by atoms with Gasteiger partial charge in [-0.15, -0.1) is 0 Å². The quantitative estimate of drug-likeness (QED) is 0.614. The molecular weight excluding hydrogens is 310 g/mol. The molecule has 1 atom stereocenters. The van der Waals surface area contributed by atoms with Gasteiger partial charge in [0.1, 0.15) is 0 Å². The van der Waals surface area contributed by atoms with Gasteiger partial charge in [0.15, 0.2) is 5.96 Å². The Bertz CT molecular complexity index is 562. The molecule has 2 N–H and O–H groups in total. The molecule has 5 nitrogen and oxygen atoms in total. The largest absolute Gasteiger partial charge is 0.369 e. The van der Waals surface area contributed by atoms with Crippen LogP contribution in [0.15, 0.2) is 29.3 Å². The Balaban J connectivity index is 1.95. The molecule has 0 aromatic heterocycles. The standard InChI is InChI=1S/C20H35N5/c1-7-21-19(22-15-20(3,4)24(5)6)23-17-12-13-25(14-17)18-10-8-16(2)9-11-18/h8-11,17H,7,12-15H2,1-6H3,(H2,21,22,23). The van der Waals surface area contributed by atoms with Gasteiger partial charge >= 0.3 is 0 Å². The molecule has 1 aliphatic heterocycles. The Kier molecular flexibility index (Phi) is 6.71. The van der Waals surface area contributed by atoms with Gasteiger partial charge in [0, 0.05) is 36.9 Å². The summed E-state index contributed by atoms with van der Waals surface area (Å²) >= 11 is 0. The summed E-state index contributed by atoms with van der Waals surface area (Å²) in [4.78, 5) is 9.48. The number of guanidine groups is 1. The number of likely N-dealkylation sites (N-methyl/N-ethyl adjacent to an activating group) is 1. The van der Waals surface area contributed by atoms with Crippen molar-refractivity contribution in [3.8, 4) is 0 Å². The van der Waals surface area contributed by atoms with Crippen molar-refractivity contribution in [3.05, 3.63) is 29.8 Å². The van der Waals surface area contributed by atoms with E-state index in [1.807, 2.05) is 0 Å². The number of hydrogen-bond donors (Lipinski definition) is 2. The van der Waals surface area contributed by atoms with E-state index in [0.29, 0.717) is 6.04 Å². The molecule has 1 heterocycles. The Morgan fingerprint density at radius 2 is 1.96 bits per heavy atom. The van der Waals surface area contributed by atoms with Crippen molar-refractivity contribution in [1.29, 1.82) is 0 Å². The maximum absolute atomic E-state index is 4.81. The summed E-state index contributed by atoms with van der Waals surface area (Å²) in [6.45, 7) is 12.4. The molecule has 0 amide bonds. The molecule has 1 fully saturated rings. The topological polar surface area (TPSA) is 42.9 Å². The minimum atomic E-state index is 0.0476. The minimum absolute atomic E-state index is 0.0476. The molecule has 0 spiro atoms. The summed E-state index contributed by atoms with van der Waals surface area (Å²) in [5.74, 6) is 0.924. The molecule has 0 saturated carbocycles. The SMILES string of the molecule is CCNC(=NCC(C)(C)N(C)C)NC1CCN(c2ccc(C)cc2)C1. The Morgan fingerprint density at radius 3 is 2.56 bits per heavy atom. The van der Waals surface area contributed by atoms with E-state index < -0.39 is 0 Å². The molecule has 1 aliphatic rings. The Morgan fingerprint density at radius 1 is 1.28 bits per heavy atom. The molecule has 1 unspecified atom stereocenters. The van der Waals surface area contributed by atoms with Crippen LogP contribution in [0.1, 0.15) is 32.8 Å². The van der Waals surface area contributed by atoms with Gasteiger partial charge in [0.05, 0.1) is 6.54 Å². The van der Waals surface area contributed by atoms with Gasteiger partial charge in [-0.3, -0.25) is 4.99 Å². The van der Waals surface area contributed by atoms with Crippen molar-refractivity contribution < 1.29 is 0 Å². The van der Waals surface area contributed by atoms with Crippen LogP contribution in [-0.2, 0) is 0 Å². The Labute approximate surface area is 153 Å². The van der Waals surface area contributed by atoms with Crippen molar-refractivity contribution >= 4 is 11.6 Å². The van der Waals surface area contributed by atoms with Crippen LogP contribution in [0.4, 0.5) is 5.69 Å². The summed E-state index contributed by atoms with van der Waals surface area (Å²) in [5, 5.41) is 7.00. The zero-order chi connectivity index (χ0) is 18.4. The van der Waals surface area contributed by atoms with Crippen LogP contribution >= 0.6 is 0 Å². The lowest BCUT2D eigenvalue weighted by Gasteiger charge is -2.31. The van der Waals surface area contributed by atoms with Gasteiger partial charge in [-0.05, 0) is 60.3 Å². The number of aliphatic imine (C=N–C) groups is 1. The third-order valence-corrected chi connectivity index (χ3v) is 5.11. The second-order valence-electron chi connectivity index (χ2n) is 7.81. The molecule has 0 aliphatic carbocycles. The molecule has 1 aromatic carbocycles. The first-order valence-corrected chi connectivity index (χ1v) is 9.35. The van der Waals surface area contributed by atoms with Crippen LogP contribution in [0.3, 0.4) is 0 Å². The first-order chi connectivity index (χ1) is 11.8. The van der Waals surface area contributed by atoms with Crippen molar-refractivity contribution in [2.45, 2.75) is 45.7 Å². The van der Waals surface area contributed by atoms with Crippen LogP contribution in [0.2, 0.25) is 0 Å². The van der Waals surface area contributed by atoms with Crippen LogP contribution in [0.25, 0.3) is 0 Å². The average Bonchev–Trinajstić information content (AvgIpc) is 3.02. The number of nitrogens with zero attached hydrogens (tertiary/aromatic N) is 3. The van der Waals surface area contributed by atoms with Crippen LogP contribution in [-0.4, -0.2) is 62.7 Å². The van der Waals surface area contributed by atoms with E-state index in [1.165, 1.54) is 11.3 Å². The lowest BCUT2D eigenvalue weighted by atomic mass is 10.1. The number of benzene rings is 1. The zero-order valence-corrected chi connectivity index (χ0v) is 16.8. The van der Waals surface area contributed by atoms with Crippen molar-refractivity contribution in [1.82, 2.24) is 15.5 Å². The minimum Gasteiger partial charge on any atom is -0.369 e. The zero-order valence-electron chi connectivity index (χ0n) is 16.8. The first kappa shape index (κ1) is 19.6. The van der Waals surface area contributed by atoms with E-state index in [0.717, 1.165) is 38.6 Å². The fraction of sp³-hybridized carbons (Fsp3) is 0.650. The number of rotatable bonds is 6. The fourth-order valence-electron chi connectivity index (χ4n) is 2.80. The predicted octanol–water partition coefficient (Wildman–Crippen LogP) is 2.47. The van der Waals surface area contributed by atoms with Gasteiger partial charge < -0.3 is 20.4 Å². The number of aryl methyl sites for hydroxylation is 1. The normalized spacial score (nSPS) is 18.8. The highest BCUT2D eigenvalue weighted by atomic mass is 15.3. The lowest BCUT2D eigenvalue weighted by Crippen LogP contribution is -2.47. The number of hydrogen-bond acceptors (Lipinski definition) is 3. The summed E-state index contributed by atoms with van der Waals surface area (Å²) in [7, 11) is 4.21.